The van der Waals surface area contributed by atoms with Crippen molar-refractivity contribution in [2.45, 2.75) is 19.6 Å². The van der Waals surface area contributed by atoms with E-state index in [1.54, 1.807) is 31.4 Å². The average Bonchev–Trinajstić information content (AvgIpc) is 3.06. The maximum Gasteiger partial charge on any atom is 0.162 e. The zero-order chi connectivity index (χ0) is 20.0. The summed E-state index contributed by atoms with van der Waals surface area (Å²) in [6.45, 7) is 5.32. The third kappa shape index (κ3) is 4.83. The van der Waals surface area contributed by atoms with Crippen LogP contribution in [0.3, 0.4) is 0 Å². The van der Waals surface area contributed by atoms with E-state index in [4.69, 9.17) is 32.2 Å². The molecule has 3 rings (SSSR count). The van der Waals surface area contributed by atoms with Crippen molar-refractivity contribution in [1.29, 1.82) is 10.5 Å². The number of nitrogen functional groups attached to an aromatic ring is 1. The Morgan fingerprint density at radius 2 is 1.67 bits per heavy atom. The largest absolute Gasteiger partial charge is 0.497 e. The lowest BCUT2D eigenvalue weighted by atomic mass is 9.97. The van der Waals surface area contributed by atoms with Crippen molar-refractivity contribution in [2.75, 3.05) is 26.1 Å². The summed E-state index contributed by atoms with van der Waals surface area (Å²) in [6, 6.07) is 11.0. The lowest BCUT2D eigenvalue weighted by Gasteiger charge is -2.13. The van der Waals surface area contributed by atoms with Crippen LogP contribution in [0, 0.1) is 27.3 Å². The summed E-state index contributed by atoms with van der Waals surface area (Å²) < 4.78 is 15.5. The Balaban J connectivity index is 0.000000313. The van der Waals surface area contributed by atoms with E-state index in [1.807, 2.05) is 26.0 Å². The first kappa shape index (κ1) is 20.4. The average molecular weight is 384 g/mol. The molecule has 1 aliphatic rings. The van der Waals surface area contributed by atoms with Crippen LogP contribution in [0.25, 0.3) is 11.1 Å². The molecule has 1 aromatic carbocycles. The Bertz CT molecular complexity index is 945. The van der Waals surface area contributed by atoms with Crippen molar-refractivity contribution >= 4 is 18.0 Å². The van der Waals surface area contributed by atoms with E-state index in [9.17, 15) is 10.5 Å². The first-order chi connectivity index (χ1) is 12.8. The number of benzene rings is 1. The SMILES string of the molecule is CC1(C)OCCO1.COc1ccc(-c2c(C#N)c(N)[nH]c(=S)c2C#N)cc1. The molecule has 140 valence electrons. The van der Waals surface area contributed by atoms with Crippen LogP contribution < -0.4 is 10.5 Å². The van der Waals surface area contributed by atoms with Crippen LogP contribution in [0.5, 0.6) is 5.75 Å². The predicted molar refractivity (Wildman–Crippen MR) is 103 cm³/mol. The molecule has 0 atom stereocenters. The van der Waals surface area contributed by atoms with Crippen LogP contribution in [0.1, 0.15) is 25.0 Å². The highest BCUT2D eigenvalue weighted by molar-refractivity contribution is 7.71. The van der Waals surface area contributed by atoms with E-state index in [1.165, 1.54) is 0 Å². The van der Waals surface area contributed by atoms with Crippen LogP contribution in [0.15, 0.2) is 24.3 Å². The summed E-state index contributed by atoms with van der Waals surface area (Å²) in [5, 5.41) is 18.5. The summed E-state index contributed by atoms with van der Waals surface area (Å²) in [4.78, 5) is 2.66. The number of rotatable bonds is 2. The van der Waals surface area contributed by atoms with Gasteiger partial charge in [0.05, 0.1) is 25.9 Å². The fourth-order valence-electron chi connectivity index (χ4n) is 2.51. The number of hydrogen-bond acceptors (Lipinski definition) is 7. The van der Waals surface area contributed by atoms with Gasteiger partial charge in [0.1, 0.15) is 33.9 Å². The third-order valence-corrected chi connectivity index (χ3v) is 4.14. The summed E-state index contributed by atoms with van der Waals surface area (Å²) in [5.41, 5.74) is 7.34. The zero-order valence-electron chi connectivity index (χ0n) is 15.3. The summed E-state index contributed by atoms with van der Waals surface area (Å²) in [6.07, 6.45) is 0. The highest BCUT2D eigenvalue weighted by Gasteiger charge is 2.23. The lowest BCUT2D eigenvalue weighted by molar-refractivity contribution is -0.125. The number of hydrogen-bond donors (Lipinski definition) is 2. The molecule has 0 radical (unpaired) electrons. The van der Waals surface area contributed by atoms with Crippen LogP contribution in [0.4, 0.5) is 5.82 Å². The Kier molecular flexibility index (Phi) is 6.54. The number of nitrogens with two attached hydrogens (primary N) is 1. The number of pyridine rings is 1. The van der Waals surface area contributed by atoms with Crippen molar-refractivity contribution in [2.24, 2.45) is 0 Å². The highest BCUT2D eigenvalue weighted by Crippen LogP contribution is 2.31. The molecule has 1 saturated heterocycles. The molecule has 0 bridgehead atoms. The monoisotopic (exact) mass is 384 g/mol. The molecule has 8 heteroatoms. The van der Waals surface area contributed by atoms with Gasteiger partial charge in [0, 0.05) is 5.56 Å². The van der Waals surface area contributed by atoms with Gasteiger partial charge in [-0.05, 0) is 31.5 Å². The van der Waals surface area contributed by atoms with Gasteiger partial charge in [0.2, 0.25) is 0 Å². The summed E-state index contributed by atoms with van der Waals surface area (Å²) in [5.74, 6) is 0.530. The molecule has 1 aliphatic heterocycles. The molecule has 3 N–H and O–H groups in total. The second-order valence-corrected chi connectivity index (χ2v) is 6.45. The maximum absolute atomic E-state index is 9.26. The number of ether oxygens (including phenoxy) is 3. The quantitative estimate of drug-likeness (QED) is 0.761. The standard InChI is InChI=1S/C14H10N4OS.C5H10O2/c1-19-9-4-2-8(3-5-9)12-10(6-15)13(17)18-14(20)11(12)7-16;1-5(2)6-3-4-7-5/h2-5H,1H3,(H3,17,18,20);3-4H2,1-2H3. The van der Waals surface area contributed by atoms with Gasteiger partial charge >= 0.3 is 0 Å². The second kappa shape index (κ2) is 8.65. The molecular formula is C19H20N4O3S. The number of anilines is 1. The minimum atomic E-state index is -0.306. The Labute approximate surface area is 162 Å². The van der Waals surface area contributed by atoms with Gasteiger partial charge in [-0.3, -0.25) is 0 Å². The minimum Gasteiger partial charge on any atom is -0.497 e. The van der Waals surface area contributed by atoms with Gasteiger partial charge < -0.3 is 24.9 Å². The Morgan fingerprint density at radius 3 is 2.07 bits per heavy atom. The fraction of sp³-hybridized carbons (Fsp3) is 0.316. The van der Waals surface area contributed by atoms with Crippen LogP contribution in [0.2, 0.25) is 0 Å². The number of aromatic amines is 1. The van der Waals surface area contributed by atoms with E-state index in [2.05, 4.69) is 4.98 Å². The van der Waals surface area contributed by atoms with Crippen molar-refractivity contribution in [3.8, 4) is 29.0 Å². The minimum absolute atomic E-state index is 0.155. The molecule has 2 heterocycles. The molecule has 1 fully saturated rings. The normalized spacial score (nSPS) is 14.4. The Morgan fingerprint density at radius 1 is 1.11 bits per heavy atom. The first-order valence-corrected chi connectivity index (χ1v) is 8.52. The smallest absolute Gasteiger partial charge is 0.162 e. The molecular weight excluding hydrogens is 364 g/mol. The first-order valence-electron chi connectivity index (χ1n) is 8.11. The molecule has 0 spiro atoms. The predicted octanol–water partition coefficient (Wildman–Crippen LogP) is 3.51. The van der Waals surface area contributed by atoms with Crippen LogP contribution >= 0.6 is 12.2 Å². The van der Waals surface area contributed by atoms with E-state index in [0.29, 0.717) is 16.9 Å². The van der Waals surface area contributed by atoms with Crippen molar-refractivity contribution in [3.05, 3.63) is 40.0 Å². The van der Waals surface area contributed by atoms with Crippen molar-refractivity contribution < 1.29 is 14.2 Å². The number of H-pyrrole nitrogens is 1. The molecule has 27 heavy (non-hydrogen) atoms. The van der Waals surface area contributed by atoms with Gasteiger partial charge in [-0.1, -0.05) is 24.4 Å². The summed E-state index contributed by atoms with van der Waals surface area (Å²) >= 11 is 5.09. The number of aromatic nitrogens is 1. The van der Waals surface area contributed by atoms with E-state index >= 15 is 0 Å². The third-order valence-electron chi connectivity index (χ3n) is 3.83. The molecule has 0 amide bonds. The Hall–Kier alpha value is -2.91. The van der Waals surface area contributed by atoms with Gasteiger partial charge in [-0.2, -0.15) is 10.5 Å². The topological polar surface area (TPSA) is 117 Å². The molecule has 1 aromatic heterocycles. The van der Waals surface area contributed by atoms with Gasteiger partial charge in [-0.15, -0.1) is 0 Å². The number of nitrogens with zero attached hydrogens (tertiary/aromatic N) is 2. The van der Waals surface area contributed by atoms with Gasteiger partial charge in [0.15, 0.2) is 5.79 Å². The van der Waals surface area contributed by atoms with Gasteiger partial charge in [0.25, 0.3) is 0 Å². The van der Waals surface area contributed by atoms with Crippen LogP contribution in [-0.4, -0.2) is 31.1 Å². The van der Waals surface area contributed by atoms with Crippen molar-refractivity contribution in [3.63, 3.8) is 0 Å². The zero-order valence-corrected chi connectivity index (χ0v) is 16.1. The molecule has 0 saturated carbocycles. The van der Waals surface area contributed by atoms with E-state index < -0.39 is 0 Å². The number of nitrogens with one attached hydrogen (secondary N) is 1. The maximum atomic E-state index is 9.26. The van der Waals surface area contributed by atoms with Crippen LogP contribution in [-0.2, 0) is 9.47 Å². The molecule has 0 unspecified atom stereocenters. The van der Waals surface area contributed by atoms with E-state index in [-0.39, 0.29) is 27.4 Å². The highest BCUT2D eigenvalue weighted by atomic mass is 32.1. The number of nitriles is 2. The van der Waals surface area contributed by atoms with Crippen molar-refractivity contribution in [1.82, 2.24) is 4.98 Å². The van der Waals surface area contributed by atoms with Gasteiger partial charge in [-0.25, -0.2) is 0 Å². The fourth-order valence-corrected chi connectivity index (χ4v) is 2.76. The lowest BCUT2D eigenvalue weighted by Crippen LogP contribution is -2.18. The second-order valence-electron chi connectivity index (χ2n) is 6.04. The molecule has 7 nitrogen and oxygen atoms in total. The molecule has 2 aromatic rings. The van der Waals surface area contributed by atoms with E-state index in [0.717, 1.165) is 13.2 Å². The molecule has 0 aliphatic carbocycles. The summed E-state index contributed by atoms with van der Waals surface area (Å²) in [7, 11) is 1.56. The number of methoxy groups -OCH3 is 1.